The highest BCUT2D eigenvalue weighted by molar-refractivity contribution is 8.00. The van der Waals surface area contributed by atoms with Gasteiger partial charge in [-0.15, -0.1) is 0 Å². The Hall–Kier alpha value is -0.940. The van der Waals surface area contributed by atoms with Crippen LogP contribution in [-0.4, -0.2) is 28.4 Å². The van der Waals surface area contributed by atoms with Crippen molar-refractivity contribution in [2.45, 2.75) is 31.4 Å². The van der Waals surface area contributed by atoms with Crippen molar-refractivity contribution in [3.63, 3.8) is 0 Å². The lowest BCUT2D eigenvalue weighted by Gasteiger charge is -2.29. The highest BCUT2D eigenvalue weighted by Crippen LogP contribution is 2.29. The van der Waals surface area contributed by atoms with Gasteiger partial charge < -0.3 is 11.1 Å². The molecule has 0 aliphatic heterocycles. The van der Waals surface area contributed by atoms with Crippen LogP contribution in [0.5, 0.6) is 0 Å². The average molecular weight is 302 g/mol. The summed E-state index contributed by atoms with van der Waals surface area (Å²) in [4.78, 5) is 16.1. The van der Waals surface area contributed by atoms with Crippen LogP contribution in [0.3, 0.4) is 0 Å². The van der Waals surface area contributed by atoms with Crippen LogP contribution in [0.2, 0.25) is 5.02 Å². The lowest BCUT2D eigenvalue weighted by molar-refractivity contribution is 0.0944. The van der Waals surface area contributed by atoms with Crippen molar-refractivity contribution in [2.24, 2.45) is 0 Å². The van der Waals surface area contributed by atoms with Crippen molar-refractivity contribution >= 4 is 35.1 Å². The third-order valence-corrected chi connectivity index (χ3v) is 5.27. The van der Waals surface area contributed by atoms with Crippen molar-refractivity contribution in [3.05, 3.63) is 22.8 Å². The first kappa shape index (κ1) is 16.1. The van der Waals surface area contributed by atoms with Crippen LogP contribution >= 0.6 is 23.4 Å². The summed E-state index contributed by atoms with van der Waals surface area (Å²) in [6.45, 7) is 4.84. The molecule has 0 aliphatic carbocycles. The van der Waals surface area contributed by atoms with Gasteiger partial charge in [0.25, 0.3) is 5.91 Å². The zero-order chi connectivity index (χ0) is 14.5. The summed E-state index contributed by atoms with van der Waals surface area (Å²) in [7, 11) is 0. The molecule has 1 rings (SSSR count). The normalized spacial score (nSPS) is 11.4. The van der Waals surface area contributed by atoms with Crippen molar-refractivity contribution in [1.82, 2.24) is 10.3 Å². The topological polar surface area (TPSA) is 68.0 Å². The largest absolute Gasteiger partial charge is 0.384 e. The van der Waals surface area contributed by atoms with E-state index in [1.165, 1.54) is 0 Å². The third-order valence-electron chi connectivity index (χ3n) is 3.38. The minimum atomic E-state index is -0.280. The van der Waals surface area contributed by atoms with Gasteiger partial charge in [0, 0.05) is 11.3 Å². The predicted molar refractivity (Wildman–Crippen MR) is 82.8 cm³/mol. The number of carbonyl (C=O) groups is 1. The molecule has 0 atom stereocenters. The molecule has 4 nitrogen and oxygen atoms in total. The van der Waals surface area contributed by atoms with Gasteiger partial charge in [0.2, 0.25) is 0 Å². The van der Waals surface area contributed by atoms with E-state index in [4.69, 9.17) is 17.3 Å². The molecule has 1 aromatic heterocycles. The molecule has 0 radical (unpaired) electrons. The Bertz CT molecular complexity index is 441. The number of nitrogen functional groups attached to an aromatic ring is 1. The molecule has 0 unspecified atom stereocenters. The first-order chi connectivity index (χ1) is 8.98. The van der Waals surface area contributed by atoms with Gasteiger partial charge in [-0.2, -0.15) is 11.8 Å². The van der Waals surface area contributed by atoms with E-state index in [1.807, 2.05) is 0 Å². The number of pyridine rings is 1. The number of rotatable bonds is 6. The molecule has 3 N–H and O–H groups in total. The molecule has 0 aromatic carbocycles. The molecule has 0 saturated heterocycles. The van der Waals surface area contributed by atoms with Gasteiger partial charge >= 0.3 is 0 Å². The maximum Gasteiger partial charge on any atom is 0.271 e. The van der Waals surface area contributed by atoms with Crippen LogP contribution in [0.15, 0.2) is 12.1 Å². The Balaban J connectivity index is 2.77. The van der Waals surface area contributed by atoms with Gasteiger partial charge in [-0.3, -0.25) is 4.79 Å². The van der Waals surface area contributed by atoms with Crippen molar-refractivity contribution in [1.29, 1.82) is 0 Å². The molecule has 1 amide bonds. The molecule has 0 bridgehead atoms. The number of amides is 1. The molecule has 0 saturated carbocycles. The Kier molecular flexibility index (Phi) is 5.94. The van der Waals surface area contributed by atoms with Crippen molar-refractivity contribution in [2.75, 3.05) is 18.5 Å². The van der Waals surface area contributed by atoms with Crippen LogP contribution in [0, 0.1) is 0 Å². The first-order valence-corrected chi connectivity index (χ1v) is 7.83. The smallest absolute Gasteiger partial charge is 0.271 e. The van der Waals surface area contributed by atoms with E-state index in [0.717, 1.165) is 12.8 Å². The fraction of sp³-hybridized carbons (Fsp3) is 0.538. The predicted octanol–water partition coefficient (Wildman–Crippen LogP) is 2.97. The van der Waals surface area contributed by atoms with Gasteiger partial charge in [-0.05, 0) is 31.2 Å². The maximum absolute atomic E-state index is 12.1. The van der Waals surface area contributed by atoms with Crippen LogP contribution in [-0.2, 0) is 0 Å². The summed E-state index contributed by atoms with van der Waals surface area (Å²) >= 11 is 7.73. The molecule has 0 spiro atoms. The summed E-state index contributed by atoms with van der Waals surface area (Å²) in [5, 5.41) is 3.21. The van der Waals surface area contributed by atoms with E-state index < -0.39 is 0 Å². The quantitative estimate of drug-likeness (QED) is 0.847. The summed E-state index contributed by atoms with van der Waals surface area (Å²) in [6, 6.07) is 3.16. The fourth-order valence-corrected chi connectivity index (χ4v) is 2.79. The Labute approximate surface area is 123 Å². The first-order valence-electron chi connectivity index (χ1n) is 6.23. The number of hydrogen-bond acceptors (Lipinski definition) is 4. The third kappa shape index (κ3) is 4.01. The summed E-state index contributed by atoms with van der Waals surface area (Å²) in [6.07, 6.45) is 4.04. The molecule has 1 aromatic rings. The van der Waals surface area contributed by atoms with E-state index >= 15 is 0 Å². The van der Waals surface area contributed by atoms with Crippen molar-refractivity contribution in [3.8, 4) is 0 Å². The van der Waals surface area contributed by atoms with Crippen molar-refractivity contribution < 1.29 is 4.79 Å². The molecule has 0 aliphatic rings. The Morgan fingerprint density at radius 2 is 2.11 bits per heavy atom. The average Bonchev–Trinajstić information content (AvgIpc) is 2.43. The maximum atomic E-state index is 12.1. The zero-order valence-corrected chi connectivity index (χ0v) is 13.1. The number of halogens is 1. The van der Waals surface area contributed by atoms with Crippen LogP contribution in [0.4, 0.5) is 5.82 Å². The van der Waals surface area contributed by atoms with Gasteiger partial charge in [0.1, 0.15) is 11.5 Å². The SMILES string of the molecule is CCC(CC)(CNC(=O)c1nc(N)ccc1Cl)SC. The molecular formula is C13H20ClN3OS. The number of hydrogen-bond donors (Lipinski definition) is 2. The Morgan fingerprint density at radius 1 is 1.47 bits per heavy atom. The number of thioether (sulfide) groups is 1. The van der Waals surface area contributed by atoms with Crippen LogP contribution < -0.4 is 11.1 Å². The van der Waals surface area contributed by atoms with Gasteiger partial charge in [0.05, 0.1) is 5.02 Å². The lowest BCUT2D eigenvalue weighted by atomic mass is 10.0. The second-order valence-corrected chi connectivity index (χ2v) is 6.02. The number of aromatic nitrogens is 1. The number of nitrogens with zero attached hydrogens (tertiary/aromatic N) is 1. The van der Waals surface area contributed by atoms with E-state index in [2.05, 4.69) is 30.4 Å². The summed E-state index contributed by atoms with van der Waals surface area (Å²) < 4.78 is 0.0580. The number of nitrogens with two attached hydrogens (primary N) is 1. The number of nitrogens with one attached hydrogen (secondary N) is 1. The lowest BCUT2D eigenvalue weighted by Crippen LogP contribution is -2.40. The molecule has 106 valence electrons. The van der Waals surface area contributed by atoms with Gasteiger partial charge in [0.15, 0.2) is 0 Å². The second-order valence-electron chi connectivity index (χ2n) is 4.34. The molecule has 6 heteroatoms. The highest BCUT2D eigenvalue weighted by Gasteiger charge is 2.26. The summed E-state index contributed by atoms with van der Waals surface area (Å²) in [5.74, 6) is 0.00860. The van der Waals surface area contributed by atoms with E-state index in [9.17, 15) is 4.79 Å². The van der Waals surface area contributed by atoms with Crippen LogP contribution in [0.25, 0.3) is 0 Å². The molecule has 19 heavy (non-hydrogen) atoms. The minimum Gasteiger partial charge on any atom is -0.384 e. The Morgan fingerprint density at radius 3 is 2.63 bits per heavy atom. The fourth-order valence-electron chi connectivity index (χ4n) is 1.80. The second kappa shape index (κ2) is 7.01. The minimum absolute atomic E-state index is 0.0580. The molecule has 0 fully saturated rings. The molecular weight excluding hydrogens is 282 g/mol. The van der Waals surface area contributed by atoms with Gasteiger partial charge in [-0.25, -0.2) is 4.98 Å². The summed E-state index contributed by atoms with van der Waals surface area (Å²) in [5.41, 5.74) is 5.76. The number of carbonyl (C=O) groups excluding carboxylic acids is 1. The standard InChI is InChI=1S/C13H20ClN3OS/c1-4-13(5-2,19-3)8-16-12(18)11-9(14)6-7-10(15)17-11/h6-7H,4-5,8H2,1-3H3,(H2,15,17)(H,16,18). The molecule has 1 heterocycles. The van der Waals surface area contributed by atoms with E-state index in [1.54, 1.807) is 23.9 Å². The zero-order valence-electron chi connectivity index (χ0n) is 11.5. The van der Waals surface area contributed by atoms with E-state index in [-0.39, 0.29) is 22.2 Å². The van der Waals surface area contributed by atoms with E-state index in [0.29, 0.717) is 11.6 Å². The van der Waals surface area contributed by atoms with Crippen LogP contribution in [0.1, 0.15) is 37.2 Å². The number of anilines is 1. The van der Waals surface area contributed by atoms with Gasteiger partial charge in [-0.1, -0.05) is 25.4 Å². The highest BCUT2D eigenvalue weighted by atomic mass is 35.5. The monoisotopic (exact) mass is 301 g/mol.